The van der Waals surface area contributed by atoms with Crippen molar-refractivity contribution in [1.29, 1.82) is 0 Å². The van der Waals surface area contributed by atoms with E-state index in [1.165, 1.54) is 30.6 Å². The fourth-order valence-corrected chi connectivity index (χ4v) is 4.73. The molecule has 3 unspecified atom stereocenters. The van der Waals surface area contributed by atoms with Crippen LogP contribution in [0.4, 0.5) is 0 Å². The quantitative estimate of drug-likeness (QED) is 0.634. The van der Waals surface area contributed by atoms with Gasteiger partial charge in [0.2, 0.25) is 0 Å². The van der Waals surface area contributed by atoms with Crippen LogP contribution in [-0.4, -0.2) is 43.7 Å². The largest absolute Gasteiger partial charge is 0.373 e. The van der Waals surface area contributed by atoms with Gasteiger partial charge < -0.3 is 15.4 Å². The van der Waals surface area contributed by atoms with E-state index in [2.05, 4.69) is 57.7 Å². The van der Waals surface area contributed by atoms with Gasteiger partial charge in [-0.3, -0.25) is 4.99 Å². The van der Waals surface area contributed by atoms with Gasteiger partial charge in [0.05, 0.1) is 6.10 Å². The van der Waals surface area contributed by atoms with Crippen molar-refractivity contribution in [1.82, 2.24) is 10.6 Å². The molecule has 2 N–H and O–H groups in total. The summed E-state index contributed by atoms with van der Waals surface area (Å²) >= 11 is 2.07. The van der Waals surface area contributed by atoms with Gasteiger partial charge in [-0.25, -0.2) is 0 Å². The zero-order chi connectivity index (χ0) is 16.6. The molecule has 2 saturated heterocycles. The van der Waals surface area contributed by atoms with Crippen LogP contribution in [0.15, 0.2) is 35.3 Å². The average Bonchev–Trinajstić information content (AvgIpc) is 3.16. The lowest BCUT2D eigenvalue weighted by molar-refractivity contribution is -0.0265. The number of rotatable bonds is 5. The first-order valence-corrected chi connectivity index (χ1v) is 10.1. The van der Waals surface area contributed by atoms with Crippen LogP contribution < -0.4 is 10.6 Å². The van der Waals surface area contributed by atoms with Crippen molar-refractivity contribution in [3.05, 3.63) is 35.9 Å². The van der Waals surface area contributed by atoms with Crippen molar-refractivity contribution in [3.8, 4) is 0 Å². The van der Waals surface area contributed by atoms with Crippen molar-refractivity contribution in [2.45, 2.75) is 37.0 Å². The summed E-state index contributed by atoms with van der Waals surface area (Å²) in [5.74, 6) is 2.71. The Kier molecular flexibility index (Phi) is 6.85. The normalized spacial score (nSPS) is 27.9. The number of nitrogens with zero attached hydrogens (tertiary/aromatic N) is 1. The first kappa shape index (κ1) is 17.6. The van der Waals surface area contributed by atoms with E-state index in [4.69, 9.17) is 4.74 Å². The first-order valence-electron chi connectivity index (χ1n) is 9.09. The topological polar surface area (TPSA) is 45.7 Å². The number of hydrogen-bond acceptors (Lipinski definition) is 3. The minimum absolute atomic E-state index is 0.191. The molecule has 1 aromatic rings. The predicted octanol–water partition coefficient (Wildman–Crippen LogP) is 3.21. The molecule has 0 spiro atoms. The number of ether oxygens (including phenoxy) is 1. The molecule has 3 rings (SSSR count). The van der Waals surface area contributed by atoms with Crippen LogP contribution in [-0.2, 0) is 4.74 Å². The van der Waals surface area contributed by atoms with Crippen LogP contribution in [0.2, 0.25) is 0 Å². The Bertz CT molecular complexity index is 517. The summed E-state index contributed by atoms with van der Waals surface area (Å²) in [6.07, 6.45) is 5.20. The van der Waals surface area contributed by atoms with E-state index < -0.39 is 0 Å². The van der Waals surface area contributed by atoms with Crippen LogP contribution in [0.1, 0.15) is 37.4 Å². The van der Waals surface area contributed by atoms with E-state index >= 15 is 0 Å². The Morgan fingerprint density at radius 1 is 1.17 bits per heavy atom. The predicted molar refractivity (Wildman–Crippen MR) is 103 cm³/mol. The van der Waals surface area contributed by atoms with Gasteiger partial charge in [0.25, 0.3) is 0 Å². The maximum atomic E-state index is 6.08. The van der Waals surface area contributed by atoms with Crippen LogP contribution in [0, 0.1) is 5.92 Å². The number of aliphatic imine (C=N–C) groups is 1. The van der Waals surface area contributed by atoms with Gasteiger partial charge in [0.1, 0.15) is 0 Å². The molecule has 24 heavy (non-hydrogen) atoms. The monoisotopic (exact) mass is 347 g/mol. The van der Waals surface area contributed by atoms with E-state index in [9.17, 15) is 0 Å². The van der Waals surface area contributed by atoms with Crippen LogP contribution in [0.5, 0.6) is 0 Å². The van der Waals surface area contributed by atoms with Gasteiger partial charge in [0, 0.05) is 37.9 Å². The maximum absolute atomic E-state index is 6.08. The summed E-state index contributed by atoms with van der Waals surface area (Å²) in [7, 11) is 1.85. The number of nitrogens with one attached hydrogen (secondary N) is 2. The zero-order valence-corrected chi connectivity index (χ0v) is 15.4. The third-order valence-corrected chi connectivity index (χ3v) is 6.25. The van der Waals surface area contributed by atoms with Gasteiger partial charge >= 0.3 is 0 Å². The third-order valence-electron chi connectivity index (χ3n) is 4.85. The molecule has 2 aliphatic heterocycles. The number of guanidine groups is 1. The highest BCUT2D eigenvalue weighted by atomic mass is 32.2. The van der Waals surface area contributed by atoms with Gasteiger partial charge in [-0.15, -0.1) is 0 Å². The van der Waals surface area contributed by atoms with Crippen LogP contribution in [0.3, 0.4) is 0 Å². The molecule has 0 bridgehead atoms. The number of benzene rings is 1. The maximum Gasteiger partial charge on any atom is 0.191 e. The van der Waals surface area contributed by atoms with E-state index in [1.807, 2.05) is 7.05 Å². The molecule has 0 saturated carbocycles. The number of hydrogen-bond donors (Lipinski definition) is 2. The Hall–Kier alpha value is -1.20. The Balaban J connectivity index is 1.51. The molecular weight excluding hydrogens is 318 g/mol. The standard InChI is InChI=1S/C19H29N3OS/c1-20-19(22-14-17-10-6-12-24-17)21-13-16-9-5-11-23-18(16)15-7-3-2-4-8-15/h2-4,7-8,16-18H,5-6,9-14H2,1H3,(H2,20,21,22). The van der Waals surface area contributed by atoms with E-state index in [0.29, 0.717) is 5.92 Å². The molecule has 2 heterocycles. The lowest BCUT2D eigenvalue weighted by atomic mass is 9.89. The summed E-state index contributed by atoms with van der Waals surface area (Å²) in [6.45, 7) is 2.77. The van der Waals surface area contributed by atoms with Crippen LogP contribution >= 0.6 is 11.8 Å². The van der Waals surface area contributed by atoms with Crippen molar-refractivity contribution < 1.29 is 4.74 Å². The second-order valence-corrected chi connectivity index (χ2v) is 7.98. The van der Waals surface area contributed by atoms with Gasteiger partial charge in [-0.1, -0.05) is 30.3 Å². The molecule has 1 aromatic carbocycles. The summed E-state index contributed by atoms with van der Waals surface area (Å²) < 4.78 is 6.08. The Morgan fingerprint density at radius 3 is 2.75 bits per heavy atom. The molecule has 2 aliphatic rings. The lowest BCUT2D eigenvalue weighted by Crippen LogP contribution is -2.43. The molecular formula is C19H29N3OS. The highest BCUT2D eigenvalue weighted by molar-refractivity contribution is 8.00. The van der Waals surface area contributed by atoms with E-state index in [-0.39, 0.29) is 6.10 Å². The molecule has 0 aliphatic carbocycles. The SMILES string of the molecule is CN=C(NCC1CCCS1)NCC1CCCOC1c1ccccc1. The average molecular weight is 348 g/mol. The minimum atomic E-state index is 0.191. The van der Waals surface area contributed by atoms with Gasteiger partial charge in [0.15, 0.2) is 5.96 Å². The fourth-order valence-electron chi connectivity index (χ4n) is 3.53. The van der Waals surface area contributed by atoms with Crippen LogP contribution in [0.25, 0.3) is 0 Å². The Labute approximate surface area is 149 Å². The summed E-state index contributed by atoms with van der Waals surface area (Å²) in [5.41, 5.74) is 1.29. The highest BCUT2D eigenvalue weighted by Crippen LogP contribution is 2.33. The van der Waals surface area contributed by atoms with Crippen molar-refractivity contribution in [2.75, 3.05) is 32.5 Å². The van der Waals surface area contributed by atoms with Gasteiger partial charge in [-0.2, -0.15) is 11.8 Å². The zero-order valence-electron chi connectivity index (χ0n) is 14.5. The van der Waals surface area contributed by atoms with Crippen molar-refractivity contribution >= 4 is 17.7 Å². The summed E-state index contributed by atoms with van der Waals surface area (Å²) in [6, 6.07) is 10.6. The molecule has 0 aromatic heterocycles. The Morgan fingerprint density at radius 2 is 2.00 bits per heavy atom. The second kappa shape index (κ2) is 9.33. The smallest absolute Gasteiger partial charge is 0.191 e. The van der Waals surface area contributed by atoms with Crippen molar-refractivity contribution in [2.24, 2.45) is 10.9 Å². The molecule has 0 radical (unpaired) electrons. The minimum Gasteiger partial charge on any atom is -0.373 e. The number of thioether (sulfide) groups is 1. The van der Waals surface area contributed by atoms with E-state index in [1.54, 1.807) is 0 Å². The molecule has 0 amide bonds. The lowest BCUT2D eigenvalue weighted by Gasteiger charge is -2.32. The highest BCUT2D eigenvalue weighted by Gasteiger charge is 2.27. The molecule has 132 valence electrons. The van der Waals surface area contributed by atoms with Gasteiger partial charge in [-0.05, 0) is 37.0 Å². The first-order chi connectivity index (χ1) is 11.9. The summed E-state index contributed by atoms with van der Waals surface area (Å²) in [5, 5.41) is 7.73. The molecule has 3 atom stereocenters. The second-order valence-electron chi connectivity index (χ2n) is 6.57. The third kappa shape index (κ3) is 4.90. The van der Waals surface area contributed by atoms with Crippen molar-refractivity contribution in [3.63, 3.8) is 0 Å². The fraction of sp³-hybridized carbons (Fsp3) is 0.632. The molecule has 4 nitrogen and oxygen atoms in total. The summed E-state index contributed by atoms with van der Waals surface area (Å²) in [4.78, 5) is 4.38. The van der Waals surface area contributed by atoms with E-state index in [0.717, 1.165) is 37.3 Å². The molecule has 2 fully saturated rings. The molecule has 5 heteroatoms.